The Morgan fingerprint density at radius 1 is 1.04 bits per heavy atom. The average molecular weight is 716 g/mol. The molecule has 0 bridgehead atoms. The molecule has 0 fully saturated rings. The average Bonchev–Trinajstić information content (AvgIpc) is 3.43. The number of nitro groups is 1. The van der Waals surface area contributed by atoms with Gasteiger partial charge in [-0.2, -0.15) is 4.99 Å². The molecule has 0 spiro atoms. The number of benzene rings is 3. The summed E-state index contributed by atoms with van der Waals surface area (Å²) in [5, 5.41) is 14.7. The van der Waals surface area contributed by atoms with Gasteiger partial charge in [0.1, 0.15) is 11.3 Å². The molecular formula is C40H37N5O6S. The zero-order chi connectivity index (χ0) is 37.4. The number of nitrogens with one attached hydrogen (secondary N) is 1. The smallest absolute Gasteiger partial charge is 0.285 e. The predicted molar refractivity (Wildman–Crippen MR) is 204 cm³/mol. The largest absolute Gasteiger partial charge is 0.495 e. The Bertz CT molecular complexity index is 2110. The Hall–Kier alpha value is -6.27. The molecule has 1 N–H and O–H groups in total. The van der Waals surface area contributed by atoms with Gasteiger partial charge in [-0.05, 0) is 61.7 Å². The van der Waals surface area contributed by atoms with Crippen molar-refractivity contribution >= 4 is 46.4 Å². The molecule has 4 aromatic rings. The van der Waals surface area contributed by atoms with Crippen molar-refractivity contribution in [2.45, 2.75) is 26.8 Å². The fourth-order valence-electron chi connectivity index (χ4n) is 5.82. The maximum Gasteiger partial charge on any atom is 0.285 e. The molecular weight excluding hydrogens is 679 g/mol. The van der Waals surface area contributed by atoms with Crippen LogP contribution in [0.4, 0.5) is 5.69 Å². The highest BCUT2D eigenvalue weighted by molar-refractivity contribution is 8.14. The van der Waals surface area contributed by atoms with E-state index in [2.05, 4.69) is 16.9 Å². The predicted octanol–water partition coefficient (Wildman–Crippen LogP) is 7.40. The van der Waals surface area contributed by atoms with Crippen LogP contribution in [0.15, 0.2) is 132 Å². The molecule has 1 aromatic heterocycles. The molecule has 0 aliphatic carbocycles. The van der Waals surface area contributed by atoms with Crippen molar-refractivity contribution in [3.05, 3.63) is 165 Å². The molecule has 2 heterocycles. The molecule has 1 aliphatic heterocycles. The van der Waals surface area contributed by atoms with E-state index in [4.69, 9.17) is 4.74 Å². The van der Waals surface area contributed by atoms with Crippen LogP contribution >= 0.6 is 11.8 Å². The van der Waals surface area contributed by atoms with Gasteiger partial charge in [0.15, 0.2) is 5.17 Å². The number of amidine groups is 1. The highest BCUT2D eigenvalue weighted by Gasteiger charge is 2.35. The van der Waals surface area contributed by atoms with Crippen LogP contribution in [0.3, 0.4) is 0 Å². The molecule has 1 aliphatic rings. The van der Waals surface area contributed by atoms with E-state index in [9.17, 15) is 24.5 Å². The number of nitro benzene ring substituents is 1. The summed E-state index contributed by atoms with van der Waals surface area (Å²) in [5.41, 5.74) is 4.18. The quantitative estimate of drug-likeness (QED) is 0.0531. The molecule has 0 saturated carbocycles. The Balaban J connectivity index is 1.48. The monoisotopic (exact) mass is 715 g/mol. The number of amides is 3. The second-order valence-corrected chi connectivity index (χ2v) is 12.5. The van der Waals surface area contributed by atoms with Gasteiger partial charge in [0.05, 0.1) is 29.5 Å². The number of thioether (sulfide) groups is 1. The molecule has 11 nitrogen and oxygen atoms in total. The van der Waals surface area contributed by atoms with Crippen LogP contribution in [0.5, 0.6) is 5.75 Å². The van der Waals surface area contributed by atoms with Gasteiger partial charge in [0.2, 0.25) is 5.91 Å². The summed E-state index contributed by atoms with van der Waals surface area (Å²) < 4.78 is 7.26. The van der Waals surface area contributed by atoms with E-state index in [0.29, 0.717) is 34.1 Å². The van der Waals surface area contributed by atoms with Crippen LogP contribution in [-0.2, 0) is 14.4 Å². The SMILES string of the molecule is C=C/C=C\C(=C/C)N1C(=O)/C(=C/c2cc(C)n(-c3cc([N+](=O)[O-])ccc3OC)c2C)C(=O)N=C1SCC(=O)NC(c1ccccc1)c1ccccc1. The first-order chi connectivity index (χ1) is 25.1. The lowest BCUT2D eigenvalue weighted by Gasteiger charge is -2.28. The lowest BCUT2D eigenvalue weighted by molar-refractivity contribution is -0.384. The van der Waals surface area contributed by atoms with Crippen molar-refractivity contribution in [1.82, 2.24) is 14.8 Å². The number of carbonyl (C=O) groups is 3. The van der Waals surface area contributed by atoms with Gasteiger partial charge in [0.25, 0.3) is 17.5 Å². The van der Waals surface area contributed by atoms with Crippen molar-refractivity contribution in [1.29, 1.82) is 0 Å². The molecule has 5 rings (SSSR count). The van der Waals surface area contributed by atoms with Gasteiger partial charge < -0.3 is 14.6 Å². The standard InChI is InChI=1S/C40H37N5O6S/c1-6-8-19-31(7-2)44-39(48)33(23-30-22-26(3)43(27(30)4)34-24-32(45(49)50)20-21-35(34)51-5)38(47)42-40(44)52-25-36(46)41-37(28-15-11-9-12-16-28)29-17-13-10-14-18-29/h6-24,37H,1,25H2,2-5H3,(H,41,46)/b19-8-,31-7+,33-23+. The Morgan fingerprint density at radius 2 is 1.69 bits per heavy atom. The van der Waals surface area contributed by atoms with Crippen LogP contribution in [0.25, 0.3) is 11.8 Å². The molecule has 0 saturated heterocycles. The lowest BCUT2D eigenvalue weighted by atomic mass is 9.99. The van der Waals surface area contributed by atoms with E-state index in [-0.39, 0.29) is 28.1 Å². The lowest BCUT2D eigenvalue weighted by Crippen LogP contribution is -2.42. The highest BCUT2D eigenvalue weighted by atomic mass is 32.2. The zero-order valence-corrected chi connectivity index (χ0v) is 29.9. The number of aliphatic imine (C=N–C) groups is 1. The van der Waals surface area contributed by atoms with E-state index in [1.807, 2.05) is 60.7 Å². The molecule has 0 atom stereocenters. The normalized spacial score (nSPS) is 14.2. The van der Waals surface area contributed by atoms with Gasteiger partial charge in [-0.3, -0.25) is 29.4 Å². The molecule has 3 amide bonds. The van der Waals surface area contributed by atoms with Crippen molar-refractivity contribution < 1.29 is 24.0 Å². The fraction of sp³-hybridized carbons (Fsp3) is 0.150. The van der Waals surface area contributed by atoms with Crippen molar-refractivity contribution in [3.63, 3.8) is 0 Å². The Morgan fingerprint density at radius 3 is 2.27 bits per heavy atom. The summed E-state index contributed by atoms with van der Waals surface area (Å²) in [6.45, 7) is 9.05. The second kappa shape index (κ2) is 16.6. The summed E-state index contributed by atoms with van der Waals surface area (Å²) in [4.78, 5) is 58.0. The number of nitrogens with zero attached hydrogens (tertiary/aromatic N) is 4. The summed E-state index contributed by atoms with van der Waals surface area (Å²) in [6, 6.07) is 24.8. The molecule has 0 radical (unpaired) electrons. The number of rotatable bonds is 12. The van der Waals surface area contributed by atoms with E-state index >= 15 is 0 Å². The number of allylic oxidation sites excluding steroid dienone is 4. The highest BCUT2D eigenvalue weighted by Crippen LogP contribution is 2.33. The molecule has 0 unspecified atom stereocenters. The number of non-ortho nitro benzene ring substituents is 1. The molecule has 52 heavy (non-hydrogen) atoms. The van der Waals surface area contributed by atoms with Gasteiger partial charge in [-0.25, -0.2) is 0 Å². The van der Waals surface area contributed by atoms with Crippen molar-refractivity contribution in [3.8, 4) is 11.4 Å². The van der Waals surface area contributed by atoms with E-state index < -0.39 is 22.8 Å². The summed E-state index contributed by atoms with van der Waals surface area (Å²) in [5.74, 6) is -1.44. The maximum atomic E-state index is 14.2. The second-order valence-electron chi connectivity index (χ2n) is 11.6. The van der Waals surface area contributed by atoms with Crippen molar-refractivity contribution in [2.75, 3.05) is 12.9 Å². The van der Waals surface area contributed by atoms with Crippen LogP contribution in [0.1, 0.15) is 41.0 Å². The number of aryl methyl sites for hydroxylation is 1. The fourth-order valence-corrected chi connectivity index (χ4v) is 6.63. The summed E-state index contributed by atoms with van der Waals surface area (Å²) in [6.07, 6.45) is 8.04. The van der Waals surface area contributed by atoms with Crippen LogP contribution in [-0.4, -0.2) is 50.1 Å². The third-order valence-corrected chi connectivity index (χ3v) is 9.24. The minimum Gasteiger partial charge on any atom is -0.495 e. The van der Waals surface area contributed by atoms with Gasteiger partial charge in [-0.1, -0.05) is 97.2 Å². The number of hydrogen-bond acceptors (Lipinski definition) is 7. The molecule has 3 aromatic carbocycles. The number of aromatic nitrogens is 1. The summed E-state index contributed by atoms with van der Waals surface area (Å²) in [7, 11) is 1.47. The van der Waals surface area contributed by atoms with Gasteiger partial charge in [-0.15, -0.1) is 0 Å². The first-order valence-corrected chi connectivity index (χ1v) is 17.2. The van der Waals surface area contributed by atoms with Crippen LogP contribution < -0.4 is 10.1 Å². The van der Waals surface area contributed by atoms with Gasteiger partial charge in [0, 0.05) is 29.2 Å². The third-order valence-electron chi connectivity index (χ3n) is 8.30. The van der Waals surface area contributed by atoms with E-state index in [1.54, 1.807) is 55.7 Å². The number of methoxy groups -OCH3 is 1. The first kappa shape index (κ1) is 37.0. The topological polar surface area (TPSA) is 136 Å². The minimum absolute atomic E-state index is 0.0480. The summed E-state index contributed by atoms with van der Waals surface area (Å²) >= 11 is 0.975. The van der Waals surface area contributed by atoms with Crippen LogP contribution in [0.2, 0.25) is 0 Å². The molecule has 264 valence electrons. The number of ether oxygens (including phenoxy) is 1. The van der Waals surface area contributed by atoms with Gasteiger partial charge >= 0.3 is 0 Å². The zero-order valence-electron chi connectivity index (χ0n) is 29.1. The van der Waals surface area contributed by atoms with Crippen LogP contribution in [0, 0.1) is 24.0 Å². The third kappa shape index (κ3) is 8.03. The number of carbonyl (C=O) groups excluding carboxylic acids is 3. The van der Waals surface area contributed by atoms with E-state index in [1.165, 1.54) is 36.3 Å². The Labute approximate surface area is 305 Å². The first-order valence-electron chi connectivity index (χ1n) is 16.3. The molecule has 12 heteroatoms. The number of hydrogen-bond donors (Lipinski definition) is 1. The van der Waals surface area contributed by atoms with Crippen molar-refractivity contribution in [2.24, 2.45) is 4.99 Å². The Kier molecular flexibility index (Phi) is 11.8. The maximum absolute atomic E-state index is 14.2. The van der Waals surface area contributed by atoms with E-state index in [0.717, 1.165) is 22.9 Å². The minimum atomic E-state index is -0.767.